The molecule has 0 amide bonds. The molecule has 88 valence electrons. The first-order valence-corrected chi connectivity index (χ1v) is 5.49. The maximum Gasteiger partial charge on any atom is 0.306 e. The average molecular weight is 222 g/mol. The summed E-state index contributed by atoms with van der Waals surface area (Å²) in [4.78, 5) is 10.6. The van der Waals surface area contributed by atoms with Crippen molar-refractivity contribution in [2.75, 3.05) is 0 Å². The summed E-state index contributed by atoms with van der Waals surface area (Å²) in [5.41, 5.74) is 0.559. The van der Waals surface area contributed by atoms with Gasteiger partial charge >= 0.3 is 5.97 Å². The Morgan fingerprint density at radius 2 is 1.88 bits per heavy atom. The van der Waals surface area contributed by atoms with Crippen LogP contribution in [0, 0.1) is 0 Å². The van der Waals surface area contributed by atoms with E-state index in [0.29, 0.717) is 5.56 Å². The lowest BCUT2D eigenvalue weighted by molar-refractivity contribution is -0.142. The number of carboxylic acids is 1. The third-order valence-electron chi connectivity index (χ3n) is 2.61. The minimum Gasteiger partial charge on any atom is -0.481 e. The summed E-state index contributed by atoms with van der Waals surface area (Å²) in [5.74, 6) is -0.998. The van der Waals surface area contributed by atoms with Crippen molar-refractivity contribution in [1.82, 2.24) is 0 Å². The van der Waals surface area contributed by atoms with Crippen LogP contribution in [0.25, 0.3) is 0 Å². The van der Waals surface area contributed by atoms with Gasteiger partial charge in [-0.2, -0.15) is 0 Å². The third kappa shape index (κ3) is 3.35. The van der Waals surface area contributed by atoms with E-state index in [1.807, 2.05) is 12.1 Å². The first-order chi connectivity index (χ1) is 7.45. The number of hydrogen-bond donors (Lipinski definition) is 2. The van der Waals surface area contributed by atoms with Gasteiger partial charge in [0.2, 0.25) is 0 Å². The molecular formula is C13H18O3. The van der Waals surface area contributed by atoms with Crippen molar-refractivity contribution in [2.45, 2.75) is 38.7 Å². The highest BCUT2D eigenvalue weighted by molar-refractivity contribution is 5.68. The Hall–Kier alpha value is -1.35. The SMILES string of the molecule is CCCc1ccc(C(C)(O)CC(=O)O)cc1. The number of aryl methyl sites for hydroxylation is 1. The zero-order valence-electron chi connectivity index (χ0n) is 9.73. The molecule has 1 rings (SSSR count). The van der Waals surface area contributed by atoms with Crippen molar-refractivity contribution >= 4 is 5.97 Å². The molecule has 3 nitrogen and oxygen atoms in total. The van der Waals surface area contributed by atoms with Gasteiger partial charge in [-0.3, -0.25) is 4.79 Å². The highest BCUT2D eigenvalue weighted by Gasteiger charge is 2.26. The molecule has 1 aromatic rings. The highest BCUT2D eigenvalue weighted by atomic mass is 16.4. The summed E-state index contributed by atoms with van der Waals surface area (Å²) >= 11 is 0. The Kier molecular flexibility index (Phi) is 4.07. The molecular weight excluding hydrogens is 204 g/mol. The Labute approximate surface area is 95.7 Å². The quantitative estimate of drug-likeness (QED) is 0.803. The van der Waals surface area contributed by atoms with Crippen LogP contribution in [0.1, 0.15) is 37.8 Å². The van der Waals surface area contributed by atoms with E-state index >= 15 is 0 Å². The fourth-order valence-corrected chi connectivity index (χ4v) is 1.72. The highest BCUT2D eigenvalue weighted by Crippen LogP contribution is 2.24. The molecule has 16 heavy (non-hydrogen) atoms. The summed E-state index contributed by atoms with van der Waals surface area (Å²) in [7, 11) is 0. The number of carboxylic acid groups (broad SMARTS) is 1. The van der Waals surface area contributed by atoms with Crippen LogP contribution < -0.4 is 0 Å². The van der Waals surface area contributed by atoms with Gasteiger partial charge < -0.3 is 10.2 Å². The monoisotopic (exact) mass is 222 g/mol. The minimum absolute atomic E-state index is 0.278. The van der Waals surface area contributed by atoms with Gasteiger partial charge in [0, 0.05) is 0 Å². The van der Waals surface area contributed by atoms with E-state index in [2.05, 4.69) is 6.92 Å². The summed E-state index contributed by atoms with van der Waals surface area (Å²) in [6, 6.07) is 7.48. The summed E-state index contributed by atoms with van der Waals surface area (Å²) in [6.07, 6.45) is 1.80. The van der Waals surface area contributed by atoms with Crippen molar-refractivity contribution in [3.05, 3.63) is 35.4 Å². The topological polar surface area (TPSA) is 57.5 Å². The minimum atomic E-state index is -1.30. The number of aliphatic carboxylic acids is 1. The molecule has 0 aromatic heterocycles. The van der Waals surface area contributed by atoms with Crippen molar-refractivity contribution in [2.24, 2.45) is 0 Å². The zero-order valence-corrected chi connectivity index (χ0v) is 9.73. The lowest BCUT2D eigenvalue weighted by Gasteiger charge is -2.21. The second-order valence-electron chi connectivity index (χ2n) is 4.29. The normalized spacial score (nSPS) is 14.4. The van der Waals surface area contributed by atoms with Gasteiger partial charge in [0.1, 0.15) is 0 Å². The summed E-state index contributed by atoms with van der Waals surface area (Å²) < 4.78 is 0. The number of rotatable bonds is 5. The maximum atomic E-state index is 10.6. The molecule has 0 bridgehead atoms. The fourth-order valence-electron chi connectivity index (χ4n) is 1.72. The van der Waals surface area contributed by atoms with Gasteiger partial charge in [-0.1, -0.05) is 37.6 Å². The molecule has 0 radical (unpaired) electrons. The Balaban J connectivity index is 2.83. The second-order valence-corrected chi connectivity index (χ2v) is 4.29. The molecule has 0 saturated heterocycles. The van der Waals surface area contributed by atoms with E-state index in [-0.39, 0.29) is 6.42 Å². The molecule has 2 N–H and O–H groups in total. The van der Waals surface area contributed by atoms with Gasteiger partial charge in [0.25, 0.3) is 0 Å². The average Bonchev–Trinajstić information content (AvgIpc) is 2.17. The first kappa shape index (κ1) is 12.7. The molecule has 0 aliphatic heterocycles. The van der Waals surface area contributed by atoms with E-state index < -0.39 is 11.6 Å². The summed E-state index contributed by atoms with van der Waals surface area (Å²) in [5, 5.41) is 18.7. The standard InChI is InChI=1S/C13H18O3/c1-3-4-10-5-7-11(8-6-10)13(2,16)9-12(14)15/h5-8,16H,3-4,9H2,1-2H3,(H,14,15). The zero-order chi connectivity index (χ0) is 12.2. The lowest BCUT2D eigenvalue weighted by Crippen LogP contribution is -2.24. The molecule has 1 aromatic carbocycles. The Morgan fingerprint density at radius 1 is 1.31 bits per heavy atom. The van der Waals surface area contributed by atoms with E-state index in [4.69, 9.17) is 5.11 Å². The second kappa shape index (κ2) is 5.12. The predicted octanol–water partition coefficient (Wildman–Crippen LogP) is 2.32. The number of hydrogen-bond acceptors (Lipinski definition) is 2. The molecule has 0 heterocycles. The van der Waals surface area contributed by atoms with Crippen molar-refractivity contribution in [3.63, 3.8) is 0 Å². The van der Waals surface area contributed by atoms with E-state index in [1.54, 1.807) is 12.1 Å². The van der Waals surface area contributed by atoms with Gasteiger partial charge in [0.15, 0.2) is 0 Å². The van der Waals surface area contributed by atoms with Crippen LogP contribution >= 0.6 is 0 Å². The summed E-state index contributed by atoms with van der Waals surface area (Å²) in [6.45, 7) is 3.63. The third-order valence-corrected chi connectivity index (χ3v) is 2.61. The largest absolute Gasteiger partial charge is 0.481 e. The molecule has 1 atom stereocenters. The van der Waals surface area contributed by atoms with Crippen molar-refractivity contribution < 1.29 is 15.0 Å². The van der Waals surface area contributed by atoms with Crippen LogP contribution in [-0.2, 0) is 16.8 Å². The van der Waals surface area contributed by atoms with Crippen LogP contribution in [0.4, 0.5) is 0 Å². The van der Waals surface area contributed by atoms with E-state index in [1.165, 1.54) is 12.5 Å². The van der Waals surface area contributed by atoms with Crippen molar-refractivity contribution in [3.8, 4) is 0 Å². The van der Waals surface area contributed by atoms with Crippen LogP contribution in [-0.4, -0.2) is 16.2 Å². The maximum absolute atomic E-state index is 10.6. The molecule has 0 aliphatic carbocycles. The molecule has 1 unspecified atom stereocenters. The number of benzene rings is 1. The van der Waals surface area contributed by atoms with Gasteiger partial charge in [-0.15, -0.1) is 0 Å². The number of carbonyl (C=O) groups is 1. The molecule has 0 aliphatic rings. The molecule has 0 fully saturated rings. The molecule has 0 saturated carbocycles. The van der Waals surface area contributed by atoms with E-state index in [9.17, 15) is 9.90 Å². The van der Waals surface area contributed by atoms with Gasteiger partial charge in [-0.25, -0.2) is 0 Å². The van der Waals surface area contributed by atoms with Crippen molar-refractivity contribution in [1.29, 1.82) is 0 Å². The smallest absolute Gasteiger partial charge is 0.306 e. The number of aliphatic hydroxyl groups is 1. The van der Waals surface area contributed by atoms with Gasteiger partial charge in [-0.05, 0) is 24.5 Å². The van der Waals surface area contributed by atoms with Crippen LogP contribution in [0.5, 0.6) is 0 Å². The van der Waals surface area contributed by atoms with E-state index in [0.717, 1.165) is 12.8 Å². The Morgan fingerprint density at radius 3 is 2.31 bits per heavy atom. The van der Waals surface area contributed by atoms with Crippen LogP contribution in [0.15, 0.2) is 24.3 Å². The first-order valence-electron chi connectivity index (χ1n) is 5.49. The fraction of sp³-hybridized carbons (Fsp3) is 0.462. The van der Waals surface area contributed by atoms with Crippen LogP contribution in [0.3, 0.4) is 0 Å². The van der Waals surface area contributed by atoms with Crippen LogP contribution in [0.2, 0.25) is 0 Å². The predicted molar refractivity (Wildman–Crippen MR) is 62.3 cm³/mol. The Bertz CT molecular complexity index is 352. The molecule has 0 spiro atoms. The molecule has 3 heteroatoms. The van der Waals surface area contributed by atoms with Gasteiger partial charge in [0.05, 0.1) is 12.0 Å². The lowest BCUT2D eigenvalue weighted by atomic mass is 9.91.